The van der Waals surface area contributed by atoms with Gasteiger partial charge < -0.3 is 5.32 Å². The Morgan fingerprint density at radius 1 is 1.20 bits per heavy atom. The zero-order valence-corrected chi connectivity index (χ0v) is 13.0. The Kier molecular flexibility index (Phi) is 4.81. The maximum Gasteiger partial charge on any atom is 0.238 e. The van der Waals surface area contributed by atoms with Gasteiger partial charge in [0.1, 0.15) is 0 Å². The van der Waals surface area contributed by atoms with Gasteiger partial charge in [0.2, 0.25) is 5.91 Å². The van der Waals surface area contributed by atoms with Gasteiger partial charge in [0.05, 0.1) is 6.54 Å². The predicted octanol–water partition coefficient (Wildman–Crippen LogP) is 3.62. The summed E-state index contributed by atoms with van der Waals surface area (Å²) in [5.41, 5.74) is 2.18. The van der Waals surface area contributed by atoms with Gasteiger partial charge in [-0.1, -0.05) is 26.0 Å². The molecule has 3 heteroatoms. The first-order valence-electron chi connectivity index (χ1n) is 7.63. The van der Waals surface area contributed by atoms with Gasteiger partial charge in [-0.2, -0.15) is 0 Å². The third kappa shape index (κ3) is 4.07. The fourth-order valence-corrected chi connectivity index (χ4v) is 2.46. The molecular weight excluding hydrogens is 248 g/mol. The second-order valence-electron chi connectivity index (χ2n) is 6.32. The first-order valence-corrected chi connectivity index (χ1v) is 7.63. The van der Waals surface area contributed by atoms with E-state index in [-0.39, 0.29) is 5.91 Å². The largest absolute Gasteiger partial charge is 0.325 e. The zero-order chi connectivity index (χ0) is 14.7. The molecule has 0 bridgehead atoms. The van der Waals surface area contributed by atoms with Crippen LogP contribution >= 0.6 is 0 Å². The van der Waals surface area contributed by atoms with Crippen LogP contribution in [0, 0.1) is 0 Å². The van der Waals surface area contributed by atoms with Crippen molar-refractivity contribution in [3.63, 3.8) is 0 Å². The summed E-state index contributed by atoms with van der Waals surface area (Å²) in [6.07, 6.45) is 2.46. The molecule has 0 radical (unpaired) electrons. The van der Waals surface area contributed by atoms with Gasteiger partial charge >= 0.3 is 0 Å². The van der Waals surface area contributed by atoms with Crippen molar-refractivity contribution < 1.29 is 4.79 Å². The molecule has 20 heavy (non-hydrogen) atoms. The lowest BCUT2D eigenvalue weighted by molar-refractivity contribution is -0.117. The SMILES string of the molecule is CC(C)c1ccc(NC(=O)CN(C(C)C)C2CC2)cc1. The topological polar surface area (TPSA) is 32.3 Å². The van der Waals surface area contributed by atoms with Crippen molar-refractivity contribution >= 4 is 11.6 Å². The highest BCUT2D eigenvalue weighted by atomic mass is 16.2. The molecule has 1 aromatic rings. The van der Waals surface area contributed by atoms with Crippen molar-refractivity contribution in [1.29, 1.82) is 0 Å². The molecule has 0 aromatic heterocycles. The number of nitrogens with one attached hydrogen (secondary N) is 1. The van der Waals surface area contributed by atoms with E-state index >= 15 is 0 Å². The number of hydrogen-bond acceptors (Lipinski definition) is 2. The number of rotatable bonds is 6. The number of carbonyl (C=O) groups is 1. The number of anilines is 1. The number of amides is 1. The van der Waals surface area contributed by atoms with Gasteiger partial charge in [-0.3, -0.25) is 9.69 Å². The quantitative estimate of drug-likeness (QED) is 0.859. The van der Waals surface area contributed by atoms with Gasteiger partial charge in [0, 0.05) is 17.8 Å². The van der Waals surface area contributed by atoms with Crippen molar-refractivity contribution in [2.24, 2.45) is 0 Å². The lowest BCUT2D eigenvalue weighted by Gasteiger charge is -2.25. The summed E-state index contributed by atoms with van der Waals surface area (Å²) in [5.74, 6) is 0.606. The third-order valence-electron chi connectivity index (χ3n) is 3.87. The van der Waals surface area contributed by atoms with Crippen LogP contribution in [-0.2, 0) is 4.79 Å². The summed E-state index contributed by atoms with van der Waals surface area (Å²) in [5, 5.41) is 3.00. The molecule has 1 aliphatic rings. The van der Waals surface area contributed by atoms with Crippen molar-refractivity contribution in [1.82, 2.24) is 4.90 Å². The molecule has 2 rings (SSSR count). The van der Waals surface area contributed by atoms with Crippen LogP contribution in [0.1, 0.15) is 52.0 Å². The normalized spacial score (nSPS) is 15.2. The van der Waals surface area contributed by atoms with Crippen LogP contribution in [0.4, 0.5) is 5.69 Å². The summed E-state index contributed by atoms with van der Waals surface area (Å²) in [6.45, 7) is 9.15. The van der Waals surface area contributed by atoms with E-state index in [0.717, 1.165) is 5.69 Å². The van der Waals surface area contributed by atoms with Gasteiger partial charge in [-0.05, 0) is 50.3 Å². The summed E-state index contributed by atoms with van der Waals surface area (Å²) in [6, 6.07) is 9.19. The molecule has 3 nitrogen and oxygen atoms in total. The zero-order valence-electron chi connectivity index (χ0n) is 13.0. The molecule has 0 unspecified atom stereocenters. The molecule has 110 valence electrons. The van der Waals surface area contributed by atoms with Crippen molar-refractivity contribution in [2.45, 2.75) is 58.5 Å². The Hall–Kier alpha value is -1.35. The highest BCUT2D eigenvalue weighted by molar-refractivity contribution is 5.92. The Labute approximate surface area is 122 Å². The lowest BCUT2D eigenvalue weighted by Crippen LogP contribution is -2.39. The third-order valence-corrected chi connectivity index (χ3v) is 3.87. The van der Waals surface area contributed by atoms with Gasteiger partial charge in [-0.25, -0.2) is 0 Å². The minimum Gasteiger partial charge on any atom is -0.325 e. The summed E-state index contributed by atoms with van der Waals surface area (Å²) in [7, 11) is 0. The highest BCUT2D eigenvalue weighted by Crippen LogP contribution is 2.28. The van der Waals surface area contributed by atoms with Crippen molar-refractivity contribution in [3.05, 3.63) is 29.8 Å². The van der Waals surface area contributed by atoms with Gasteiger partial charge in [0.25, 0.3) is 0 Å². The maximum absolute atomic E-state index is 12.1. The Balaban J connectivity index is 1.90. The molecule has 0 heterocycles. The van der Waals surface area contributed by atoms with Crippen LogP contribution in [0.3, 0.4) is 0 Å². The molecule has 1 fully saturated rings. The lowest BCUT2D eigenvalue weighted by atomic mass is 10.0. The van der Waals surface area contributed by atoms with Gasteiger partial charge in [0.15, 0.2) is 0 Å². The van der Waals surface area contributed by atoms with Crippen molar-refractivity contribution in [2.75, 3.05) is 11.9 Å². The minimum atomic E-state index is 0.0860. The molecule has 0 spiro atoms. The predicted molar refractivity (Wildman–Crippen MR) is 84.0 cm³/mol. The molecular formula is C17H26N2O. The number of carbonyl (C=O) groups excluding carboxylic acids is 1. The molecule has 1 aromatic carbocycles. The van der Waals surface area contributed by atoms with E-state index in [1.807, 2.05) is 12.1 Å². The molecule has 1 amide bonds. The summed E-state index contributed by atoms with van der Waals surface area (Å²) >= 11 is 0. The molecule has 0 atom stereocenters. The second-order valence-corrected chi connectivity index (χ2v) is 6.32. The van der Waals surface area contributed by atoms with Gasteiger partial charge in [-0.15, -0.1) is 0 Å². The monoisotopic (exact) mass is 274 g/mol. The van der Waals surface area contributed by atoms with Crippen LogP contribution in [0.15, 0.2) is 24.3 Å². The van der Waals surface area contributed by atoms with Crippen LogP contribution in [0.25, 0.3) is 0 Å². The number of nitrogens with zero attached hydrogens (tertiary/aromatic N) is 1. The van der Waals surface area contributed by atoms with Crippen molar-refractivity contribution in [3.8, 4) is 0 Å². The Morgan fingerprint density at radius 3 is 2.25 bits per heavy atom. The average Bonchev–Trinajstić information content (AvgIpc) is 3.20. The van der Waals surface area contributed by atoms with Crippen LogP contribution < -0.4 is 5.32 Å². The second kappa shape index (κ2) is 6.40. The van der Waals surface area contributed by atoms with Crippen LogP contribution in [0.5, 0.6) is 0 Å². The Bertz CT molecular complexity index is 445. The fraction of sp³-hybridized carbons (Fsp3) is 0.588. The average molecular weight is 274 g/mol. The van der Waals surface area contributed by atoms with Crippen LogP contribution in [-0.4, -0.2) is 29.4 Å². The van der Waals surface area contributed by atoms with E-state index in [9.17, 15) is 4.79 Å². The maximum atomic E-state index is 12.1. The van der Waals surface area contributed by atoms with E-state index in [1.54, 1.807) is 0 Å². The van der Waals surface area contributed by atoms with E-state index in [0.29, 0.717) is 24.5 Å². The first kappa shape index (κ1) is 15.0. The van der Waals surface area contributed by atoms with E-state index in [4.69, 9.17) is 0 Å². The standard InChI is InChI=1S/C17H26N2O/c1-12(2)14-5-7-15(8-6-14)18-17(20)11-19(13(3)4)16-9-10-16/h5-8,12-13,16H,9-11H2,1-4H3,(H,18,20). The highest BCUT2D eigenvalue weighted by Gasteiger charge is 2.31. The molecule has 0 aliphatic heterocycles. The molecule has 1 saturated carbocycles. The molecule has 0 saturated heterocycles. The van der Waals surface area contributed by atoms with E-state index in [2.05, 4.69) is 50.0 Å². The number of hydrogen-bond donors (Lipinski definition) is 1. The summed E-state index contributed by atoms with van der Waals surface area (Å²) < 4.78 is 0. The number of benzene rings is 1. The molecule has 1 N–H and O–H groups in total. The minimum absolute atomic E-state index is 0.0860. The Morgan fingerprint density at radius 2 is 1.80 bits per heavy atom. The first-order chi connectivity index (χ1) is 9.47. The van der Waals surface area contributed by atoms with E-state index in [1.165, 1.54) is 18.4 Å². The summed E-state index contributed by atoms with van der Waals surface area (Å²) in [4.78, 5) is 14.4. The smallest absolute Gasteiger partial charge is 0.238 e. The molecule has 1 aliphatic carbocycles. The van der Waals surface area contributed by atoms with Crippen LogP contribution in [0.2, 0.25) is 0 Å². The fourth-order valence-electron chi connectivity index (χ4n) is 2.46. The van der Waals surface area contributed by atoms with E-state index < -0.39 is 0 Å².